The van der Waals surface area contributed by atoms with Crippen LogP contribution in [0.3, 0.4) is 0 Å². The SMILES string of the molecule is CN(Cc1ccccc1C(F)(F)F)C(=O)c1csc(-c2ccco2)n1. The normalized spacial score (nSPS) is 11.5. The van der Waals surface area contributed by atoms with E-state index in [0.717, 1.165) is 6.07 Å². The Kier molecular flexibility index (Phi) is 4.63. The highest BCUT2D eigenvalue weighted by atomic mass is 32.1. The number of alkyl halides is 3. The van der Waals surface area contributed by atoms with Gasteiger partial charge in [-0.3, -0.25) is 4.79 Å². The highest BCUT2D eigenvalue weighted by Crippen LogP contribution is 2.32. The Morgan fingerprint density at radius 2 is 2.00 bits per heavy atom. The molecule has 1 aromatic carbocycles. The van der Waals surface area contributed by atoms with Gasteiger partial charge in [-0.15, -0.1) is 11.3 Å². The second kappa shape index (κ2) is 6.72. The maximum absolute atomic E-state index is 13.1. The monoisotopic (exact) mass is 366 g/mol. The summed E-state index contributed by atoms with van der Waals surface area (Å²) in [4.78, 5) is 17.9. The Labute approximate surface area is 145 Å². The van der Waals surface area contributed by atoms with Crippen LogP contribution in [0, 0.1) is 0 Å². The molecule has 3 aromatic rings. The van der Waals surface area contributed by atoms with Crippen LogP contribution in [-0.4, -0.2) is 22.8 Å². The van der Waals surface area contributed by atoms with Gasteiger partial charge in [-0.05, 0) is 23.8 Å². The minimum absolute atomic E-state index is 0.0346. The van der Waals surface area contributed by atoms with Crippen LogP contribution < -0.4 is 0 Å². The predicted octanol–water partition coefficient (Wildman–Crippen LogP) is 4.69. The molecule has 0 N–H and O–H groups in total. The van der Waals surface area contributed by atoms with Gasteiger partial charge in [-0.25, -0.2) is 4.98 Å². The first-order valence-corrected chi connectivity index (χ1v) is 8.14. The summed E-state index contributed by atoms with van der Waals surface area (Å²) in [6.07, 6.45) is -2.97. The zero-order valence-electron chi connectivity index (χ0n) is 13.1. The molecule has 1 amide bonds. The second-order valence-corrected chi connectivity index (χ2v) is 6.19. The van der Waals surface area contributed by atoms with Crippen LogP contribution in [0.4, 0.5) is 13.2 Å². The molecule has 0 bridgehead atoms. The smallest absolute Gasteiger partial charge is 0.416 e. The number of hydrogen-bond acceptors (Lipinski definition) is 4. The van der Waals surface area contributed by atoms with Gasteiger partial charge < -0.3 is 9.32 Å². The van der Waals surface area contributed by atoms with Crippen molar-refractivity contribution in [1.29, 1.82) is 0 Å². The first-order valence-electron chi connectivity index (χ1n) is 7.26. The maximum atomic E-state index is 13.1. The van der Waals surface area contributed by atoms with E-state index in [1.54, 1.807) is 17.5 Å². The molecule has 0 aliphatic heterocycles. The van der Waals surface area contributed by atoms with E-state index in [-0.39, 0.29) is 17.8 Å². The van der Waals surface area contributed by atoms with Gasteiger partial charge in [0.25, 0.3) is 5.91 Å². The van der Waals surface area contributed by atoms with Gasteiger partial charge in [-0.2, -0.15) is 13.2 Å². The van der Waals surface area contributed by atoms with E-state index in [0.29, 0.717) is 10.8 Å². The number of aromatic nitrogens is 1. The van der Waals surface area contributed by atoms with Gasteiger partial charge in [0.1, 0.15) is 5.69 Å². The summed E-state index contributed by atoms with van der Waals surface area (Å²) >= 11 is 1.23. The number of benzene rings is 1. The largest absolute Gasteiger partial charge is 0.462 e. The third-order valence-electron chi connectivity index (χ3n) is 3.53. The predicted molar refractivity (Wildman–Crippen MR) is 87.1 cm³/mol. The van der Waals surface area contributed by atoms with Crippen molar-refractivity contribution in [2.45, 2.75) is 12.7 Å². The van der Waals surface area contributed by atoms with Crippen LogP contribution in [0.25, 0.3) is 10.8 Å². The molecule has 0 aliphatic rings. The zero-order valence-corrected chi connectivity index (χ0v) is 13.9. The molecular formula is C17H13F3N2O2S. The van der Waals surface area contributed by atoms with E-state index in [4.69, 9.17) is 4.42 Å². The topological polar surface area (TPSA) is 46.3 Å². The Bertz CT molecular complexity index is 872. The number of hydrogen-bond donors (Lipinski definition) is 0. The molecule has 8 heteroatoms. The Morgan fingerprint density at radius 1 is 1.24 bits per heavy atom. The van der Waals surface area contributed by atoms with E-state index in [1.165, 1.54) is 47.7 Å². The molecule has 0 aliphatic carbocycles. The van der Waals surface area contributed by atoms with Crippen LogP contribution in [0.15, 0.2) is 52.5 Å². The van der Waals surface area contributed by atoms with Crippen LogP contribution in [-0.2, 0) is 12.7 Å². The number of thiazole rings is 1. The molecule has 0 spiro atoms. The molecule has 0 saturated carbocycles. The van der Waals surface area contributed by atoms with Crippen LogP contribution >= 0.6 is 11.3 Å². The van der Waals surface area contributed by atoms with Gasteiger partial charge in [0.15, 0.2) is 10.8 Å². The highest BCUT2D eigenvalue weighted by Gasteiger charge is 2.33. The van der Waals surface area contributed by atoms with Crippen LogP contribution in [0.5, 0.6) is 0 Å². The van der Waals surface area contributed by atoms with Crippen molar-refractivity contribution in [1.82, 2.24) is 9.88 Å². The lowest BCUT2D eigenvalue weighted by Gasteiger charge is -2.19. The van der Waals surface area contributed by atoms with Gasteiger partial charge >= 0.3 is 6.18 Å². The summed E-state index contributed by atoms with van der Waals surface area (Å²) < 4.78 is 44.4. The molecule has 2 heterocycles. The Morgan fingerprint density at radius 3 is 2.68 bits per heavy atom. The maximum Gasteiger partial charge on any atom is 0.416 e. The number of carbonyl (C=O) groups excluding carboxylic acids is 1. The quantitative estimate of drug-likeness (QED) is 0.673. The fraction of sp³-hybridized carbons (Fsp3) is 0.176. The molecule has 130 valence electrons. The van der Waals surface area contributed by atoms with Crippen molar-refractivity contribution in [2.75, 3.05) is 7.05 Å². The van der Waals surface area contributed by atoms with Gasteiger partial charge in [0.05, 0.1) is 11.8 Å². The van der Waals surface area contributed by atoms with Crippen molar-refractivity contribution in [3.63, 3.8) is 0 Å². The molecule has 0 radical (unpaired) electrons. The van der Waals surface area contributed by atoms with Crippen molar-refractivity contribution >= 4 is 17.2 Å². The average molecular weight is 366 g/mol. The third-order valence-corrected chi connectivity index (χ3v) is 4.39. The number of furan rings is 1. The van der Waals surface area contributed by atoms with Crippen molar-refractivity contribution < 1.29 is 22.4 Å². The molecule has 3 rings (SSSR count). The first kappa shape index (κ1) is 17.2. The minimum atomic E-state index is -4.46. The molecule has 2 aromatic heterocycles. The molecule has 4 nitrogen and oxygen atoms in total. The fourth-order valence-electron chi connectivity index (χ4n) is 2.34. The van der Waals surface area contributed by atoms with Crippen molar-refractivity contribution in [3.8, 4) is 10.8 Å². The summed E-state index contributed by atoms with van der Waals surface area (Å²) in [5.74, 6) is 0.0835. The highest BCUT2D eigenvalue weighted by molar-refractivity contribution is 7.13. The average Bonchev–Trinajstić information content (AvgIpc) is 3.24. The van der Waals surface area contributed by atoms with E-state index in [1.807, 2.05) is 0 Å². The number of amides is 1. The van der Waals surface area contributed by atoms with E-state index >= 15 is 0 Å². The summed E-state index contributed by atoms with van der Waals surface area (Å²) in [6.45, 7) is -0.165. The Balaban J connectivity index is 1.78. The molecule has 0 atom stereocenters. The van der Waals surface area contributed by atoms with Crippen molar-refractivity contribution in [2.24, 2.45) is 0 Å². The summed E-state index contributed by atoms with van der Waals surface area (Å²) in [5, 5.41) is 2.10. The standard InChI is InChI=1S/C17H13F3N2O2S/c1-22(9-11-5-2-3-6-12(11)17(18,19)20)16(23)13-10-25-15(21-13)14-7-4-8-24-14/h2-8,10H,9H2,1H3. The first-order chi connectivity index (χ1) is 11.9. The van der Waals surface area contributed by atoms with Gasteiger partial charge in [-0.1, -0.05) is 18.2 Å². The van der Waals surface area contributed by atoms with Gasteiger partial charge in [0.2, 0.25) is 0 Å². The van der Waals surface area contributed by atoms with E-state index in [9.17, 15) is 18.0 Å². The lowest BCUT2D eigenvalue weighted by atomic mass is 10.1. The van der Waals surface area contributed by atoms with Crippen molar-refractivity contribution in [3.05, 3.63) is 64.9 Å². The number of halogens is 3. The van der Waals surface area contributed by atoms with E-state index in [2.05, 4.69) is 4.98 Å². The number of rotatable bonds is 4. The molecule has 25 heavy (non-hydrogen) atoms. The molecule has 0 saturated heterocycles. The number of carbonyl (C=O) groups is 1. The Hall–Kier alpha value is -2.61. The minimum Gasteiger partial charge on any atom is -0.462 e. The lowest BCUT2D eigenvalue weighted by molar-refractivity contribution is -0.138. The molecular weight excluding hydrogens is 353 g/mol. The number of nitrogens with zero attached hydrogens (tertiary/aromatic N) is 2. The molecule has 0 fully saturated rings. The fourth-order valence-corrected chi connectivity index (χ4v) is 3.10. The summed E-state index contributed by atoms with van der Waals surface area (Å²) in [6, 6.07) is 8.63. The van der Waals surface area contributed by atoms with Gasteiger partial charge in [0, 0.05) is 19.0 Å². The second-order valence-electron chi connectivity index (χ2n) is 5.33. The van der Waals surface area contributed by atoms with Crippen LogP contribution in [0.1, 0.15) is 21.6 Å². The summed E-state index contributed by atoms with van der Waals surface area (Å²) in [5.41, 5.74) is -0.542. The summed E-state index contributed by atoms with van der Waals surface area (Å²) in [7, 11) is 1.45. The zero-order chi connectivity index (χ0) is 18.0. The van der Waals surface area contributed by atoms with Crippen LogP contribution in [0.2, 0.25) is 0 Å². The lowest BCUT2D eigenvalue weighted by Crippen LogP contribution is -2.27. The van der Waals surface area contributed by atoms with E-state index < -0.39 is 17.6 Å². The third kappa shape index (κ3) is 3.74. The molecule has 0 unspecified atom stereocenters.